The number of guanidine groups is 1. The van der Waals surface area contributed by atoms with Crippen LogP contribution in [-0.4, -0.2) is 18.0 Å². The van der Waals surface area contributed by atoms with Gasteiger partial charge in [-0.2, -0.15) is 0 Å². The molecule has 3 rings (SSSR count). The van der Waals surface area contributed by atoms with Crippen molar-refractivity contribution in [3.05, 3.63) is 94.8 Å². The van der Waals surface area contributed by atoms with Gasteiger partial charge in [0.1, 0.15) is 12.4 Å². The average molecular weight is 523 g/mol. The lowest BCUT2D eigenvalue weighted by Gasteiger charge is -2.15. The van der Waals surface area contributed by atoms with Crippen molar-refractivity contribution in [2.45, 2.75) is 19.7 Å². The maximum atomic E-state index is 6.17. The van der Waals surface area contributed by atoms with E-state index in [0.29, 0.717) is 36.4 Å². The van der Waals surface area contributed by atoms with E-state index >= 15 is 0 Å². The standard InChI is InChI=1S/C22H23ClN4O.HI/c1-24-22(27-15-19-10-6-7-13-25-19)26-14-17-8-2-3-9-18(17)16-28-21-12-5-4-11-20(21)23;/h2-13H,14-16H2,1H3,(H2,24,26,27);1H. The molecule has 2 aromatic carbocycles. The van der Waals surface area contributed by atoms with E-state index in [1.54, 1.807) is 13.2 Å². The minimum Gasteiger partial charge on any atom is -0.487 e. The lowest BCUT2D eigenvalue weighted by molar-refractivity contribution is 0.305. The Bertz CT molecular complexity index is 921. The summed E-state index contributed by atoms with van der Waals surface area (Å²) in [6.45, 7) is 1.68. The molecule has 0 aliphatic carbocycles. The molecule has 0 atom stereocenters. The molecule has 0 bridgehead atoms. The van der Waals surface area contributed by atoms with Crippen molar-refractivity contribution in [2.75, 3.05) is 7.05 Å². The summed E-state index contributed by atoms with van der Waals surface area (Å²) in [5.74, 6) is 1.40. The first-order chi connectivity index (χ1) is 13.8. The molecule has 0 aliphatic rings. The number of hydrogen-bond donors (Lipinski definition) is 2. The fraction of sp³-hybridized carbons (Fsp3) is 0.182. The Labute approximate surface area is 193 Å². The van der Waals surface area contributed by atoms with E-state index in [1.807, 2.05) is 54.6 Å². The van der Waals surface area contributed by atoms with Crippen LogP contribution in [0.1, 0.15) is 16.8 Å². The molecule has 2 N–H and O–H groups in total. The summed E-state index contributed by atoms with van der Waals surface area (Å²) in [5, 5.41) is 7.21. The number of para-hydroxylation sites is 1. The number of halogens is 2. The van der Waals surface area contributed by atoms with Gasteiger partial charge < -0.3 is 15.4 Å². The molecule has 0 amide bonds. The number of nitrogens with one attached hydrogen (secondary N) is 2. The van der Waals surface area contributed by atoms with Crippen LogP contribution in [0.25, 0.3) is 0 Å². The molecule has 0 radical (unpaired) electrons. The Hall–Kier alpha value is -2.32. The summed E-state index contributed by atoms with van der Waals surface area (Å²) in [6, 6.07) is 21.5. The van der Waals surface area contributed by atoms with Crippen molar-refractivity contribution in [1.82, 2.24) is 15.6 Å². The zero-order chi connectivity index (χ0) is 19.6. The van der Waals surface area contributed by atoms with Gasteiger partial charge in [0.25, 0.3) is 0 Å². The molecule has 0 fully saturated rings. The van der Waals surface area contributed by atoms with E-state index in [0.717, 1.165) is 16.8 Å². The summed E-state index contributed by atoms with van der Waals surface area (Å²) in [7, 11) is 1.75. The van der Waals surface area contributed by atoms with Crippen molar-refractivity contribution in [1.29, 1.82) is 0 Å². The fourth-order valence-corrected chi connectivity index (χ4v) is 2.85. The highest BCUT2D eigenvalue weighted by atomic mass is 127. The molecule has 1 aromatic heterocycles. The van der Waals surface area contributed by atoms with Gasteiger partial charge in [0, 0.05) is 19.8 Å². The molecule has 0 saturated heterocycles. The first-order valence-corrected chi connectivity index (χ1v) is 9.42. The molecule has 0 saturated carbocycles. The molecule has 0 spiro atoms. The SMILES string of the molecule is CN=C(NCc1ccccn1)NCc1ccccc1COc1ccccc1Cl.I. The number of aliphatic imine (C=N–C) groups is 1. The Morgan fingerprint density at radius 1 is 0.931 bits per heavy atom. The minimum absolute atomic E-state index is 0. The van der Waals surface area contributed by atoms with Crippen molar-refractivity contribution in [3.63, 3.8) is 0 Å². The smallest absolute Gasteiger partial charge is 0.191 e. The Kier molecular flexibility index (Phi) is 9.73. The van der Waals surface area contributed by atoms with Crippen LogP contribution in [0, 0.1) is 0 Å². The fourth-order valence-electron chi connectivity index (χ4n) is 2.66. The highest BCUT2D eigenvalue weighted by Crippen LogP contribution is 2.24. The monoisotopic (exact) mass is 522 g/mol. The molecule has 29 heavy (non-hydrogen) atoms. The minimum atomic E-state index is 0. The lowest BCUT2D eigenvalue weighted by atomic mass is 10.1. The van der Waals surface area contributed by atoms with E-state index in [2.05, 4.69) is 32.7 Å². The van der Waals surface area contributed by atoms with Crippen LogP contribution in [0.3, 0.4) is 0 Å². The quantitative estimate of drug-likeness (QED) is 0.266. The molecule has 1 heterocycles. The number of nitrogens with zero attached hydrogens (tertiary/aromatic N) is 2. The van der Waals surface area contributed by atoms with Crippen molar-refractivity contribution in [3.8, 4) is 5.75 Å². The van der Waals surface area contributed by atoms with Gasteiger partial charge in [-0.25, -0.2) is 0 Å². The van der Waals surface area contributed by atoms with Crippen molar-refractivity contribution < 1.29 is 4.74 Å². The van der Waals surface area contributed by atoms with Crippen LogP contribution in [0.5, 0.6) is 5.75 Å². The zero-order valence-corrected chi connectivity index (χ0v) is 19.2. The number of ether oxygens (including phenoxy) is 1. The van der Waals surface area contributed by atoms with Gasteiger partial charge in [-0.3, -0.25) is 9.98 Å². The van der Waals surface area contributed by atoms with Gasteiger partial charge in [0.05, 0.1) is 17.3 Å². The molecule has 152 valence electrons. The second kappa shape index (κ2) is 12.3. The van der Waals surface area contributed by atoms with Gasteiger partial charge in [0.2, 0.25) is 0 Å². The molecule has 0 unspecified atom stereocenters. The average Bonchev–Trinajstić information content (AvgIpc) is 2.75. The van der Waals surface area contributed by atoms with Gasteiger partial charge in [-0.05, 0) is 35.4 Å². The third kappa shape index (κ3) is 7.21. The molecule has 7 heteroatoms. The maximum absolute atomic E-state index is 6.17. The summed E-state index contributed by atoms with van der Waals surface area (Å²) >= 11 is 6.17. The molecule has 5 nitrogen and oxygen atoms in total. The van der Waals surface area contributed by atoms with Crippen LogP contribution < -0.4 is 15.4 Å². The van der Waals surface area contributed by atoms with Gasteiger partial charge >= 0.3 is 0 Å². The number of hydrogen-bond acceptors (Lipinski definition) is 3. The van der Waals surface area contributed by atoms with E-state index in [9.17, 15) is 0 Å². The van der Waals surface area contributed by atoms with Gasteiger partial charge in [-0.1, -0.05) is 54.1 Å². The number of benzene rings is 2. The van der Waals surface area contributed by atoms with Gasteiger partial charge in [0.15, 0.2) is 5.96 Å². The first kappa shape index (κ1) is 23.0. The first-order valence-electron chi connectivity index (χ1n) is 9.05. The molecular formula is C22H24ClIN4O. The maximum Gasteiger partial charge on any atom is 0.191 e. The normalized spacial score (nSPS) is 10.8. The Morgan fingerprint density at radius 2 is 1.62 bits per heavy atom. The highest BCUT2D eigenvalue weighted by molar-refractivity contribution is 14.0. The molecular weight excluding hydrogens is 499 g/mol. The third-order valence-corrected chi connectivity index (χ3v) is 4.48. The van der Waals surface area contributed by atoms with Crippen LogP contribution in [0.4, 0.5) is 0 Å². The second-order valence-electron chi connectivity index (χ2n) is 6.09. The summed E-state index contributed by atoms with van der Waals surface area (Å²) in [6.07, 6.45) is 1.78. The van der Waals surface area contributed by atoms with Crippen LogP contribution in [-0.2, 0) is 19.7 Å². The van der Waals surface area contributed by atoms with E-state index in [1.165, 1.54) is 0 Å². The predicted octanol–water partition coefficient (Wildman–Crippen LogP) is 4.80. The number of rotatable bonds is 7. The predicted molar refractivity (Wildman–Crippen MR) is 129 cm³/mol. The number of pyridine rings is 1. The highest BCUT2D eigenvalue weighted by Gasteiger charge is 2.06. The second-order valence-corrected chi connectivity index (χ2v) is 6.50. The van der Waals surface area contributed by atoms with Crippen LogP contribution in [0.15, 0.2) is 77.9 Å². The Balaban J connectivity index is 0.00000300. The molecule has 3 aromatic rings. The number of aromatic nitrogens is 1. The lowest BCUT2D eigenvalue weighted by Crippen LogP contribution is -2.36. The van der Waals surface area contributed by atoms with Crippen molar-refractivity contribution >= 4 is 41.5 Å². The third-order valence-electron chi connectivity index (χ3n) is 4.17. The summed E-state index contributed by atoms with van der Waals surface area (Å²) in [4.78, 5) is 8.58. The zero-order valence-electron chi connectivity index (χ0n) is 16.1. The largest absolute Gasteiger partial charge is 0.487 e. The van der Waals surface area contributed by atoms with Crippen LogP contribution >= 0.6 is 35.6 Å². The van der Waals surface area contributed by atoms with Crippen molar-refractivity contribution in [2.24, 2.45) is 4.99 Å². The summed E-state index contributed by atoms with van der Waals surface area (Å²) < 4.78 is 5.89. The Morgan fingerprint density at radius 3 is 2.34 bits per heavy atom. The van der Waals surface area contributed by atoms with Crippen LogP contribution in [0.2, 0.25) is 5.02 Å². The van der Waals surface area contributed by atoms with E-state index in [-0.39, 0.29) is 24.0 Å². The van der Waals surface area contributed by atoms with Gasteiger partial charge in [-0.15, -0.1) is 24.0 Å². The summed E-state index contributed by atoms with van der Waals surface area (Å²) in [5.41, 5.74) is 3.18. The molecule has 0 aliphatic heterocycles. The topological polar surface area (TPSA) is 58.5 Å². The van der Waals surface area contributed by atoms with E-state index in [4.69, 9.17) is 16.3 Å². The van der Waals surface area contributed by atoms with E-state index < -0.39 is 0 Å².